The van der Waals surface area contributed by atoms with Crippen LogP contribution in [0.25, 0.3) is 0 Å². The average molecular weight is 273 g/mol. The summed E-state index contributed by atoms with van der Waals surface area (Å²) in [5.41, 5.74) is -0.428. The Bertz CT molecular complexity index is 503. The fourth-order valence-electron chi connectivity index (χ4n) is 1.82. The second-order valence-electron chi connectivity index (χ2n) is 4.19. The van der Waals surface area contributed by atoms with Crippen LogP contribution in [0.5, 0.6) is 0 Å². The fourth-order valence-corrected chi connectivity index (χ4v) is 2.01. The quantitative estimate of drug-likeness (QED) is 0.480. The molecule has 1 saturated heterocycles. The molecule has 96 valence electrons. The lowest BCUT2D eigenvalue weighted by atomic mass is 10.0. The zero-order chi connectivity index (χ0) is 13.3. The van der Waals surface area contributed by atoms with Gasteiger partial charge in [0, 0.05) is 36.5 Å². The molecule has 1 aliphatic heterocycles. The van der Waals surface area contributed by atoms with E-state index < -0.39 is 22.3 Å². The number of benzene rings is 1. The lowest BCUT2D eigenvalue weighted by Crippen LogP contribution is -2.50. The summed E-state index contributed by atoms with van der Waals surface area (Å²) in [6.45, 7) is 1.01. The van der Waals surface area contributed by atoms with Crippen molar-refractivity contribution in [2.45, 2.75) is 0 Å². The Morgan fingerprint density at radius 3 is 2.72 bits per heavy atom. The summed E-state index contributed by atoms with van der Waals surface area (Å²) in [6.07, 6.45) is 0. The molecule has 0 saturated carbocycles. The first kappa shape index (κ1) is 12.8. The number of hydrogen-bond acceptors (Lipinski definition) is 3. The molecular weight excluding hydrogens is 263 g/mol. The van der Waals surface area contributed by atoms with Crippen LogP contribution >= 0.6 is 11.6 Å². The minimum absolute atomic E-state index is 0.00489. The summed E-state index contributed by atoms with van der Waals surface area (Å²) in [5, 5.41) is 10.6. The van der Waals surface area contributed by atoms with Crippen molar-refractivity contribution < 1.29 is 14.1 Å². The van der Waals surface area contributed by atoms with E-state index in [0.717, 1.165) is 18.2 Å². The predicted molar refractivity (Wildman–Crippen MR) is 63.2 cm³/mol. The van der Waals surface area contributed by atoms with Crippen LogP contribution in [0.2, 0.25) is 0 Å². The topological polar surface area (TPSA) is 63.4 Å². The van der Waals surface area contributed by atoms with Gasteiger partial charge in [0.2, 0.25) is 0 Å². The van der Waals surface area contributed by atoms with Gasteiger partial charge in [-0.2, -0.15) is 0 Å². The van der Waals surface area contributed by atoms with E-state index in [1.807, 2.05) is 0 Å². The predicted octanol–water partition coefficient (Wildman–Crippen LogP) is 2.04. The second-order valence-corrected chi connectivity index (χ2v) is 4.49. The molecule has 0 unspecified atom stereocenters. The number of nitro benzene ring substituents is 1. The van der Waals surface area contributed by atoms with Gasteiger partial charge in [-0.25, -0.2) is 4.39 Å². The number of rotatable bonds is 3. The summed E-state index contributed by atoms with van der Waals surface area (Å²) in [6, 6.07) is 2.87. The third-order valence-electron chi connectivity index (χ3n) is 2.80. The molecule has 1 fully saturated rings. The van der Waals surface area contributed by atoms with Gasteiger partial charge in [-0.05, 0) is 6.07 Å². The van der Waals surface area contributed by atoms with Crippen LogP contribution in [-0.2, 0) is 0 Å². The van der Waals surface area contributed by atoms with Gasteiger partial charge in [0.1, 0.15) is 5.82 Å². The van der Waals surface area contributed by atoms with E-state index in [4.69, 9.17) is 11.6 Å². The van der Waals surface area contributed by atoms with E-state index in [-0.39, 0.29) is 11.5 Å². The van der Waals surface area contributed by atoms with E-state index in [0.29, 0.717) is 19.0 Å². The normalized spacial score (nSPS) is 15.3. The van der Waals surface area contributed by atoms with Gasteiger partial charge in [0.25, 0.3) is 11.6 Å². The van der Waals surface area contributed by atoms with Crippen molar-refractivity contribution in [2.75, 3.05) is 19.0 Å². The Morgan fingerprint density at radius 1 is 1.50 bits per heavy atom. The Labute approximate surface area is 107 Å². The highest BCUT2D eigenvalue weighted by Crippen LogP contribution is 2.22. The monoisotopic (exact) mass is 272 g/mol. The largest absolute Gasteiger partial charge is 0.338 e. The van der Waals surface area contributed by atoms with Gasteiger partial charge in [0.05, 0.1) is 11.0 Å². The third kappa shape index (κ3) is 2.43. The molecule has 2 rings (SSSR count). The van der Waals surface area contributed by atoms with Crippen molar-refractivity contribution in [2.24, 2.45) is 5.92 Å². The van der Waals surface area contributed by atoms with Crippen molar-refractivity contribution in [3.63, 3.8) is 0 Å². The van der Waals surface area contributed by atoms with E-state index in [9.17, 15) is 19.3 Å². The van der Waals surface area contributed by atoms with Gasteiger partial charge in [0.15, 0.2) is 0 Å². The van der Waals surface area contributed by atoms with Gasteiger partial charge in [-0.1, -0.05) is 0 Å². The maximum Gasteiger partial charge on any atom is 0.273 e. The summed E-state index contributed by atoms with van der Waals surface area (Å²) in [7, 11) is 0. The highest BCUT2D eigenvalue weighted by molar-refractivity contribution is 6.18. The zero-order valence-electron chi connectivity index (χ0n) is 9.31. The number of hydrogen-bond donors (Lipinski definition) is 0. The van der Waals surface area contributed by atoms with Crippen molar-refractivity contribution >= 4 is 23.2 Å². The average Bonchev–Trinajstić information content (AvgIpc) is 2.26. The van der Waals surface area contributed by atoms with Gasteiger partial charge >= 0.3 is 0 Å². The Balaban J connectivity index is 2.18. The molecule has 18 heavy (non-hydrogen) atoms. The highest BCUT2D eigenvalue weighted by Gasteiger charge is 2.31. The molecule has 5 nitrogen and oxygen atoms in total. The highest BCUT2D eigenvalue weighted by atomic mass is 35.5. The number of nitro groups is 1. The first-order valence-corrected chi connectivity index (χ1v) is 5.85. The molecular formula is C11H10ClFN2O3. The molecule has 1 aromatic carbocycles. The molecule has 1 aromatic rings. The minimum Gasteiger partial charge on any atom is -0.338 e. The first-order chi connectivity index (χ1) is 8.51. The van der Waals surface area contributed by atoms with E-state index >= 15 is 0 Å². The van der Waals surface area contributed by atoms with E-state index in [1.165, 1.54) is 4.90 Å². The summed E-state index contributed by atoms with van der Waals surface area (Å²) >= 11 is 5.62. The van der Waals surface area contributed by atoms with Crippen molar-refractivity contribution in [3.8, 4) is 0 Å². The molecule has 1 amide bonds. The number of amides is 1. The molecule has 0 spiro atoms. The third-order valence-corrected chi connectivity index (χ3v) is 3.24. The number of nitrogens with zero attached hydrogens (tertiary/aromatic N) is 2. The number of likely N-dealkylation sites (tertiary alicyclic amines) is 1. The summed E-state index contributed by atoms with van der Waals surface area (Å²) in [5.74, 6) is -0.479. The molecule has 0 radical (unpaired) electrons. The standard InChI is InChI=1S/C11H10ClFN2O3/c12-4-7-5-14(6-7)11(16)8-1-9(13)3-10(2-8)15(17)18/h1-3,7H,4-6H2. The van der Waals surface area contributed by atoms with E-state index in [2.05, 4.69) is 0 Å². The van der Waals surface area contributed by atoms with Crippen LogP contribution in [0, 0.1) is 21.8 Å². The molecule has 0 aromatic heterocycles. The Hall–Kier alpha value is -1.69. The lowest BCUT2D eigenvalue weighted by Gasteiger charge is -2.38. The maximum atomic E-state index is 13.2. The van der Waals surface area contributed by atoms with Crippen LogP contribution in [-0.4, -0.2) is 34.7 Å². The van der Waals surface area contributed by atoms with Gasteiger partial charge in [-0.15, -0.1) is 11.6 Å². The molecule has 0 N–H and O–H groups in total. The van der Waals surface area contributed by atoms with Gasteiger partial charge in [-0.3, -0.25) is 14.9 Å². The lowest BCUT2D eigenvalue weighted by molar-refractivity contribution is -0.385. The van der Waals surface area contributed by atoms with Crippen LogP contribution in [0.3, 0.4) is 0 Å². The number of carbonyl (C=O) groups excluding carboxylic acids is 1. The molecule has 7 heteroatoms. The molecule has 0 aliphatic carbocycles. The van der Waals surface area contributed by atoms with Crippen molar-refractivity contribution in [3.05, 3.63) is 39.7 Å². The van der Waals surface area contributed by atoms with E-state index in [1.54, 1.807) is 0 Å². The number of halogens is 2. The zero-order valence-corrected chi connectivity index (χ0v) is 10.1. The summed E-state index contributed by atoms with van der Waals surface area (Å²) in [4.78, 5) is 23.3. The summed E-state index contributed by atoms with van der Waals surface area (Å²) < 4.78 is 13.2. The molecule has 1 heterocycles. The molecule has 1 aliphatic rings. The van der Waals surface area contributed by atoms with Crippen LogP contribution in [0.1, 0.15) is 10.4 Å². The number of non-ortho nitro benzene ring substituents is 1. The fraction of sp³-hybridized carbons (Fsp3) is 0.364. The minimum atomic E-state index is -0.790. The van der Waals surface area contributed by atoms with Crippen LogP contribution in [0.4, 0.5) is 10.1 Å². The first-order valence-electron chi connectivity index (χ1n) is 5.31. The number of carbonyl (C=O) groups is 1. The Morgan fingerprint density at radius 2 is 2.17 bits per heavy atom. The van der Waals surface area contributed by atoms with Crippen LogP contribution in [0.15, 0.2) is 18.2 Å². The van der Waals surface area contributed by atoms with Crippen molar-refractivity contribution in [1.29, 1.82) is 0 Å². The SMILES string of the molecule is O=C(c1cc(F)cc([N+](=O)[O-])c1)N1CC(CCl)C1. The molecule has 0 bridgehead atoms. The molecule has 0 atom stereocenters. The number of alkyl halides is 1. The van der Waals surface area contributed by atoms with Crippen molar-refractivity contribution in [1.82, 2.24) is 4.90 Å². The van der Waals surface area contributed by atoms with Gasteiger partial charge < -0.3 is 4.90 Å². The maximum absolute atomic E-state index is 13.2. The smallest absolute Gasteiger partial charge is 0.273 e. The Kier molecular flexibility index (Phi) is 3.47. The van der Waals surface area contributed by atoms with Crippen LogP contribution < -0.4 is 0 Å². The second kappa shape index (κ2) is 4.89.